The number of carbonyl (C=O) groups is 1. The summed E-state index contributed by atoms with van der Waals surface area (Å²) in [7, 11) is 0. The molecule has 0 aliphatic rings. The van der Waals surface area contributed by atoms with Gasteiger partial charge in [0.05, 0.1) is 17.5 Å². The normalized spacial score (nSPS) is 10.9. The van der Waals surface area contributed by atoms with E-state index in [9.17, 15) is 9.18 Å². The molecule has 0 aliphatic heterocycles. The van der Waals surface area contributed by atoms with Crippen LogP contribution in [0.5, 0.6) is 0 Å². The number of aliphatic carboxylic acids is 1. The van der Waals surface area contributed by atoms with E-state index in [0.717, 1.165) is 11.3 Å². The van der Waals surface area contributed by atoms with Gasteiger partial charge in [0.2, 0.25) is 0 Å². The summed E-state index contributed by atoms with van der Waals surface area (Å²) in [5.41, 5.74) is 1.41. The number of aromatic nitrogens is 2. The lowest BCUT2D eigenvalue weighted by molar-refractivity contribution is -0.136. The van der Waals surface area contributed by atoms with Crippen LogP contribution in [0.2, 0.25) is 0 Å². The predicted molar refractivity (Wildman–Crippen MR) is 64.9 cm³/mol. The molecule has 0 saturated carbocycles. The topological polar surface area (TPSA) is 78.0 Å². The molecule has 0 unspecified atom stereocenters. The number of hydrogen-bond acceptors (Lipinski definition) is 3. The van der Waals surface area contributed by atoms with Gasteiger partial charge in [-0.15, -0.1) is 0 Å². The third-order valence-corrected chi connectivity index (χ3v) is 2.55. The summed E-state index contributed by atoms with van der Waals surface area (Å²) >= 11 is 0. The van der Waals surface area contributed by atoms with Crippen molar-refractivity contribution < 1.29 is 14.3 Å². The predicted octanol–water partition coefficient (Wildman–Crippen LogP) is 1.31. The third kappa shape index (κ3) is 3.27. The van der Waals surface area contributed by atoms with Crippen molar-refractivity contribution in [3.05, 3.63) is 29.8 Å². The minimum absolute atomic E-state index is 0.103. The summed E-state index contributed by atoms with van der Waals surface area (Å²) in [6.07, 6.45) is 0.751. The van der Waals surface area contributed by atoms with Gasteiger partial charge in [-0.2, -0.15) is 0 Å². The number of fused-ring (bicyclic) bond motifs is 1. The van der Waals surface area contributed by atoms with Crippen molar-refractivity contribution in [3.8, 4) is 0 Å². The minimum atomic E-state index is -0.818. The Hall–Kier alpha value is -1.95. The maximum atomic E-state index is 13.0. The van der Waals surface area contributed by atoms with Crippen molar-refractivity contribution >= 4 is 17.0 Å². The van der Waals surface area contributed by atoms with Gasteiger partial charge in [0.15, 0.2) is 0 Å². The first kappa shape index (κ1) is 12.5. The number of imidazole rings is 1. The number of rotatable bonds is 6. The molecule has 0 saturated heterocycles. The third-order valence-electron chi connectivity index (χ3n) is 2.55. The molecule has 0 atom stereocenters. The molecular weight excluding hydrogens is 237 g/mol. The van der Waals surface area contributed by atoms with Crippen molar-refractivity contribution in [2.24, 2.45) is 0 Å². The quantitative estimate of drug-likeness (QED) is 0.676. The molecule has 3 N–H and O–H groups in total. The molecule has 1 heterocycles. The summed E-state index contributed by atoms with van der Waals surface area (Å²) < 4.78 is 13.0. The molecule has 0 radical (unpaired) electrons. The molecule has 5 nitrogen and oxygen atoms in total. The summed E-state index contributed by atoms with van der Waals surface area (Å²) in [6.45, 7) is 1.07. The van der Waals surface area contributed by atoms with Crippen LogP contribution in [0.3, 0.4) is 0 Å². The van der Waals surface area contributed by atoms with Crippen molar-refractivity contribution in [1.29, 1.82) is 0 Å². The number of halogens is 1. The number of benzene rings is 1. The fourth-order valence-electron chi connectivity index (χ4n) is 1.68. The van der Waals surface area contributed by atoms with Gasteiger partial charge in [-0.1, -0.05) is 0 Å². The molecular formula is C12H14FN3O2. The fourth-order valence-corrected chi connectivity index (χ4v) is 1.68. The Morgan fingerprint density at radius 2 is 2.28 bits per heavy atom. The zero-order valence-electron chi connectivity index (χ0n) is 9.74. The first-order valence-electron chi connectivity index (χ1n) is 5.72. The Labute approximate surface area is 103 Å². The Kier molecular flexibility index (Phi) is 3.88. The van der Waals surface area contributed by atoms with E-state index >= 15 is 0 Å². The van der Waals surface area contributed by atoms with Gasteiger partial charge in [0.25, 0.3) is 0 Å². The first-order valence-corrected chi connectivity index (χ1v) is 5.72. The van der Waals surface area contributed by atoms with Crippen LogP contribution in [0.4, 0.5) is 4.39 Å². The summed E-state index contributed by atoms with van der Waals surface area (Å²) in [5.74, 6) is -0.350. The smallest absolute Gasteiger partial charge is 0.304 e. The van der Waals surface area contributed by atoms with Gasteiger partial charge in [-0.25, -0.2) is 9.37 Å². The number of carboxylic acids is 1. The van der Waals surface area contributed by atoms with E-state index < -0.39 is 5.97 Å². The van der Waals surface area contributed by atoms with Crippen LogP contribution in [0.15, 0.2) is 18.2 Å². The molecule has 0 bridgehead atoms. The maximum absolute atomic E-state index is 13.0. The van der Waals surface area contributed by atoms with Gasteiger partial charge < -0.3 is 15.4 Å². The van der Waals surface area contributed by atoms with Crippen molar-refractivity contribution in [1.82, 2.24) is 15.3 Å². The number of carboxylic acid groups (broad SMARTS) is 1. The van der Waals surface area contributed by atoms with E-state index in [4.69, 9.17) is 5.11 Å². The van der Waals surface area contributed by atoms with Gasteiger partial charge in [0, 0.05) is 19.5 Å². The highest BCUT2D eigenvalue weighted by Gasteiger charge is 2.03. The van der Waals surface area contributed by atoms with Gasteiger partial charge in [-0.3, -0.25) is 4.79 Å². The molecule has 0 fully saturated rings. The molecule has 0 spiro atoms. The van der Waals surface area contributed by atoms with Crippen LogP contribution >= 0.6 is 0 Å². The van der Waals surface area contributed by atoms with Gasteiger partial charge in [0.1, 0.15) is 11.6 Å². The van der Waals surface area contributed by atoms with E-state index in [1.807, 2.05) is 0 Å². The van der Waals surface area contributed by atoms with Crippen LogP contribution in [0.1, 0.15) is 12.2 Å². The van der Waals surface area contributed by atoms with Gasteiger partial charge >= 0.3 is 5.97 Å². The molecule has 2 aromatic rings. The Balaban J connectivity index is 1.86. The van der Waals surface area contributed by atoms with Crippen LogP contribution < -0.4 is 5.32 Å². The summed E-state index contributed by atoms with van der Waals surface area (Å²) in [5, 5.41) is 11.5. The monoisotopic (exact) mass is 251 g/mol. The van der Waals surface area contributed by atoms with E-state index in [1.54, 1.807) is 6.07 Å². The molecule has 2 rings (SSSR count). The van der Waals surface area contributed by atoms with Crippen LogP contribution in [-0.4, -0.2) is 34.1 Å². The second kappa shape index (κ2) is 5.59. The summed E-state index contributed by atoms with van der Waals surface area (Å²) in [6, 6.07) is 4.41. The largest absolute Gasteiger partial charge is 0.481 e. The second-order valence-electron chi connectivity index (χ2n) is 3.99. The lowest BCUT2D eigenvalue weighted by Gasteiger charge is -2.00. The van der Waals surface area contributed by atoms with Gasteiger partial charge in [-0.05, 0) is 18.2 Å². The maximum Gasteiger partial charge on any atom is 0.304 e. The lowest BCUT2D eigenvalue weighted by Crippen LogP contribution is -2.21. The van der Waals surface area contributed by atoms with Crippen molar-refractivity contribution in [2.75, 3.05) is 13.1 Å². The molecule has 18 heavy (non-hydrogen) atoms. The lowest BCUT2D eigenvalue weighted by atomic mass is 10.3. The molecule has 1 aromatic heterocycles. The summed E-state index contributed by atoms with van der Waals surface area (Å²) in [4.78, 5) is 17.6. The van der Waals surface area contributed by atoms with Crippen LogP contribution in [0.25, 0.3) is 11.0 Å². The number of nitrogens with one attached hydrogen (secondary N) is 2. The van der Waals surface area contributed by atoms with Crippen LogP contribution in [-0.2, 0) is 11.2 Å². The molecule has 0 aliphatic carbocycles. The van der Waals surface area contributed by atoms with E-state index in [-0.39, 0.29) is 12.2 Å². The second-order valence-corrected chi connectivity index (χ2v) is 3.99. The van der Waals surface area contributed by atoms with Crippen molar-refractivity contribution in [3.63, 3.8) is 0 Å². The Morgan fingerprint density at radius 1 is 1.44 bits per heavy atom. The Morgan fingerprint density at radius 3 is 3.06 bits per heavy atom. The van der Waals surface area contributed by atoms with E-state index in [0.29, 0.717) is 25.0 Å². The SMILES string of the molecule is O=C(O)CCNCCc1nc2ccc(F)cc2[nH]1. The standard InChI is InChI=1S/C12H14FN3O2/c13-8-1-2-9-10(7-8)16-11(15-9)3-5-14-6-4-12(17)18/h1-2,7,14H,3-6H2,(H,15,16)(H,17,18). The van der Waals surface area contributed by atoms with Crippen LogP contribution in [0, 0.1) is 5.82 Å². The highest BCUT2D eigenvalue weighted by molar-refractivity contribution is 5.74. The van der Waals surface area contributed by atoms with Crippen molar-refractivity contribution in [2.45, 2.75) is 12.8 Å². The first-order chi connectivity index (χ1) is 8.65. The molecule has 6 heteroatoms. The zero-order chi connectivity index (χ0) is 13.0. The average molecular weight is 251 g/mol. The number of hydrogen-bond donors (Lipinski definition) is 3. The molecule has 1 aromatic carbocycles. The highest BCUT2D eigenvalue weighted by Crippen LogP contribution is 2.12. The zero-order valence-corrected chi connectivity index (χ0v) is 9.74. The number of H-pyrrole nitrogens is 1. The number of nitrogens with zero attached hydrogens (tertiary/aromatic N) is 1. The fraction of sp³-hybridized carbons (Fsp3) is 0.333. The highest BCUT2D eigenvalue weighted by atomic mass is 19.1. The Bertz CT molecular complexity index is 553. The average Bonchev–Trinajstić information content (AvgIpc) is 2.70. The minimum Gasteiger partial charge on any atom is -0.481 e. The number of aromatic amines is 1. The molecule has 96 valence electrons. The van der Waals surface area contributed by atoms with E-state index in [1.165, 1.54) is 12.1 Å². The molecule has 0 amide bonds. The van der Waals surface area contributed by atoms with E-state index in [2.05, 4.69) is 15.3 Å².